The van der Waals surface area contributed by atoms with E-state index in [-0.39, 0.29) is 0 Å². The van der Waals surface area contributed by atoms with E-state index in [0.717, 1.165) is 29.4 Å². The molecule has 6 heteroatoms. The molecule has 2 aromatic rings. The van der Waals surface area contributed by atoms with Crippen LogP contribution in [-0.2, 0) is 0 Å². The van der Waals surface area contributed by atoms with Crippen LogP contribution in [0.5, 0.6) is 0 Å². The standard InChI is InChI=1S/C14H16Cl2N4/c1-4-17-13-8(2)14(19-9(3)18-13)20-12-6-10(15)5-11(16)7-12/h5-7H,4H2,1-3H3,(H2,17,18,19,20). The number of aryl methyl sites for hydroxylation is 1. The Balaban J connectivity index is 2.37. The highest BCUT2D eigenvalue weighted by molar-refractivity contribution is 6.35. The van der Waals surface area contributed by atoms with Crippen LogP contribution in [0.3, 0.4) is 0 Å². The van der Waals surface area contributed by atoms with Gasteiger partial charge in [0.2, 0.25) is 0 Å². The molecule has 0 saturated carbocycles. The third-order valence-corrected chi connectivity index (χ3v) is 3.16. The molecule has 0 atom stereocenters. The van der Waals surface area contributed by atoms with E-state index in [9.17, 15) is 0 Å². The summed E-state index contributed by atoms with van der Waals surface area (Å²) in [5.41, 5.74) is 1.75. The van der Waals surface area contributed by atoms with Crippen molar-refractivity contribution in [1.29, 1.82) is 0 Å². The van der Waals surface area contributed by atoms with Gasteiger partial charge in [-0.1, -0.05) is 23.2 Å². The molecule has 1 aromatic heterocycles. The summed E-state index contributed by atoms with van der Waals surface area (Å²) < 4.78 is 0. The van der Waals surface area contributed by atoms with Gasteiger partial charge >= 0.3 is 0 Å². The van der Waals surface area contributed by atoms with Gasteiger partial charge in [-0.25, -0.2) is 9.97 Å². The zero-order valence-electron chi connectivity index (χ0n) is 11.6. The molecule has 1 heterocycles. The lowest BCUT2D eigenvalue weighted by molar-refractivity contribution is 1.02. The summed E-state index contributed by atoms with van der Waals surface area (Å²) in [7, 11) is 0. The van der Waals surface area contributed by atoms with Gasteiger partial charge in [-0.15, -0.1) is 0 Å². The second-order valence-electron chi connectivity index (χ2n) is 4.41. The Kier molecular flexibility index (Phi) is 4.68. The Morgan fingerprint density at radius 1 is 1.00 bits per heavy atom. The van der Waals surface area contributed by atoms with Crippen molar-refractivity contribution in [3.8, 4) is 0 Å². The summed E-state index contributed by atoms with van der Waals surface area (Å²) in [6, 6.07) is 5.30. The molecular weight excluding hydrogens is 295 g/mol. The number of halogens is 2. The average molecular weight is 311 g/mol. The van der Waals surface area contributed by atoms with Crippen LogP contribution in [0.2, 0.25) is 10.0 Å². The van der Waals surface area contributed by atoms with Crippen LogP contribution >= 0.6 is 23.2 Å². The highest BCUT2D eigenvalue weighted by Gasteiger charge is 2.09. The molecule has 2 rings (SSSR count). The first kappa shape index (κ1) is 14.9. The molecule has 106 valence electrons. The van der Waals surface area contributed by atoms with Crippen LogP contribution in [0.1, 0.15) is 18.3 Å². The zero-order valence-corrected chi connectivity index (χ0v) is 13.1. The molecule has 4 nitrogen and oxygen atoms in total. The SMILES string of the molecule is CCNc1nc(C)nc(Nc2cc(Cl)cc(Cl)c2)c1C. The van der Waals surface area contributed by atoms with Gasteiger partial charge in [0.15, 0.2) is 0 Å². The molecule has 0 unspecified atom stereocenters. The molecule has 0 amide bonds. The van der Waals surface area contributed by atoms with Gasteiger partial charge in [-0.05, 0) is 39.0 Å². The van der Waals surface area contributed by atoms with Crippen LogP contribution < -0.4 is 10.6 Å². The van der Waals surface area contributed by atoms with E-state index in [4.69, 9.17) is 23.2 Å². The van der Waals surface area contributed by atoms with Gasteiger partial charge in [-0.3, -0.25) is 0 Å². The Morgan fingerprint density at radius 2 is 1.60 bits per heavy atom. The number of rotatable bonds is 4. The minimum absolute atomic E-state index is 0.579. The minimum atomic E-state index is 0.579. The van der Waals surface area contributed by atoms with E-state index >= 15 is 0 Å². The lowest BCUT2D eigenvalue weighted by Gasteiger charge is -2.14. The van der Waals surface area contributed by atoms with Crippen molar-refractivity contribution in [3.63, 3.8) is 0 Å². The molecule has 0 fully saturated rings. The van der Waals surface area contributed by atoms with Gasteiger partial charge in [-0.2, -0.15) is 0 Å². The lowest BCUT2D eigenvalue weighted by Crippen LogP contribution is -2.07. The molecular formula is C14H16Cl2N4. The Labute approximate surface area is 128 Å². The fourth-order valence-corrected chi connectivity index (χ4v) is 2.38. The smallest absolute Gasteiger partial charge is 0.139 e. The van der Waals surface area contributed by atoms with Crippen molar-refractivity contribution < 1.29 is 0 Å². The van der Waals surface area contributed by atoms with E-state index in [2.05, 4.69) is 20.6 Å². The van der Waals surface area contributed by atoms with E-state index in [1.165, 1.54) is 0 Å². The normalized spacial score (nSPS) is 10.4. The number of aromatic nitrogens is 2. The summed E-state index contributed by atoms with van der Waals surface area (Å²) in [5.74, 6) is 2.27. The Hall–Kier alpha value is -1.52. The van der Waals surface area contributed by atoms with E-state index in [0.29, 0.717) is 15.9 Å². The molecule has 0 bridgehead atoms. The summed E-state index contributed by atoms with van der Waals surface area (Å²) in [6.07, 6.45) is 0. The number of nitrogens with one attached hydrogen (secondary N) is 2. The quantitative estimate of drug-likeness (QED) is 0.868. The largest absolute Gasteiger partial charge is 0.370 e. The van der Waals surface area contributed by atoms with E-state index in [1.807, 2.05) is 20.8 Å². The molecule has 0 aliphatic heterocycles. The third kappa shape index (κ3) is 3.52. The first-order valence-corrected chi connectivity index (χ1v) is 7.07. The first-order chi connectivity index (χ1) is 9.49. The molecule has 1 aromatic carbocycles. The molecule has 20 heavy (non-hydrogen) atoms. The van der Waals surface area contributed by atoms with Gasteiger partial charge in [0, 0.05) is 27.8 Å². The Morgan fingerprint density at radius 3 is 2.20 bits per heavy atom. The first-order valence-electron chi connectivity index (χ1n) is 6.32. The number of anilines is 3. The van der Waals surface area contributed by atoms with Crippen molar-refractivity contribution in [3.05, 3.63) is 39.6 Å². The maximum Gasteiger partial charge on any atom is 0.139 e. The van der Waals surface area contributed by atoms with Crippen molar-refractivity contribution in [2.75, 3.05) is 17.2 Å². The van der Waals surface area contributed by atoms with Crippen LogP contribution in [0.4, 0.5) is 17.3 Å². The van der Waals surface area contributed by atoms with Gasteiger partial charge in [0.05, 0.1) is 0 Å². The molecule has 0 aliphatic carbocycles. The Bertz CT molecular complexity index is 609. The van der Waals surface area contributed by atoms with Crippen LogP contribution in [-0.4, -0.2) is 16.5 Å². The predicted molar refractivity (Wildman–Crippen MR) is 85.4 cm³/mol. The van der Waals surface area contributed by atoms with E-state index in [1.54, 1.807) is 18.2 Å². The molecule has 0 radical (unpaired) electrons. The van der Waals surface area contributed by atoms with Crippen molar-refractivity contribution >= 4 is 40.5 Å². The second kappa shape index (κ2) is 6.29. The van der Waals surface area contributed by atoms with Gasteiger partial charge < -0.3 is 10.6 Å². The van der Waals surface area contributed by atoms with Crippen LogP contribution in [0, 0.1) is 13.8 Å². The third-order valence-electron chi connectivity index (χ3n) is 2.73. The fourth-order valence-electron chi connectivity index (χ4n) is 1.85. The molecule has 0 spiro atoms. The fraction of sp³-hybridized carbons (Fsp3) is 0.286. The average Bonchev–Trinajstić information content (AvgIpc) is 2.34. The van der Waals surface area contributed by atoms with Crippen molar-refractivity contribution in [2.45, 2.75) is 20.8 Å². The predicted octanol–water partition coefficient (Wildman–Crippen LogP) is 4.58. The minimum Gasteiger partial charge on any atom is -0.370 e. The second-order valence-corrected chi connectivity index (χ2v) is 5.28. The monoisotopic (exact) mass is 310 g/mol. The molecule has 0 aliphatic rings. The summed E-state index contributed by atoms with van der Waals surface area (Å²) >= 11 is 12.0. The number of nitrogens with zero attached hydrogens (tertiary/aromatic N) is 2. The maximum absolute atomic E-state index is 6.00. The summed E-state index contributed by atoms with van der Waals surface area (Å²) in [6.45, 7) is 6.66. The molecule has 2 N–H and O–H groups in total. The number of hydrogen-bond acceptors (Lipinski definition) is 4. The van der Waals surface area contributed by atoms with Crippen molar-refractivity contribution in [2.24, 2.45) is 0 Å². The highest BCUT2D eigenvalue weighted by atomic mass is 35.5. The van der Waals surface area contributed by atoms with Gasteiger partial charge in [0.1, 0.15) is 17.5 Å². The lowest BCUT2D eigenvalue weighted by atomic mass is 10.2. The van der Waals surface area contributed by atoms with E-state index < -0.39 is 0 Å². The summed E-state index contributed by atoms with van der Waals surface area (Å²) in [4.78, 5) is 8.81. The topological polar surface area (TPSA) is 49.8 Å². The van der Waals surface area contributed by atoms with Crippen LogP contribution in [0.15, 0.2) is 18.2 Å². The van der Waals surface area contributed by atoms with Crippen molar-refractivity contribution in [1.82, 2.24) is 9.97 Å². The maximum atomic E-state index is 6.00. The summed E-state index contributed by atoms with van der Waals surface area (Å²) in [5, 5.41) is 7.61. The zero-order chi connectivity index (χ0) is 14.7. The van der Waals surface area contributed by atoms with Crippen LogP contribution in [0.25, 0.3) is 0 Å². The highest BCUT2D eigenvalue weighted by Crippen LogP contribution is 2.27. The van der Waals surface area contributed by atoms with Gasteiger partial charge in [0.25, 0.3) is 0 Å². The molecule has 0 saturated heterocycles. The number of hydrogen-bond donors (Lipinski definition) is 2. The number of benzene rings is 1.